The van der Waals surface area contributed by atoms with Gasteiger partial charge in [-0.05, 0) is 97.9 Å². The number of benzene rings is 2. The van der Waals surface area contributed by atoms with E-state index < -0.39 is 0 Å². The SMILES string of the molecule is CN1C=CCC(C(=O)OC2CCC3C4CCc5cc(OC(=O)c6ccccc6)ccc5C4CCC23C)=C1. The van der Waals surface area contributed by atoms with Crippen LogP contribution >= 0.6 is 0 Å². The van der Waals surface area contributed by atoms with Gasteiger partial charge in [0.2, 0.25) is 0 Å². The molecule has 37 heavy (non-hydrogen) atoms. The van der Waals surface area contributed by atoms with E-state index in [-0.39, 0.29) is 23.5 Å². The fraction of sp³-hybridized carbons (Fsp3) is 0.438. The molecule has 6 rings (SSSR count). The van der Waals surface area contributed by atoms with Gasteiger partial charge < -0.3 is 14.4 Å². The van der Waals surface area contributed by atoms with Gasteiger partial charge in [0.25, 0.3) is 0 Å². The van der Waals surface area contributed by atoms with Crippen LogP contribution in [0.4, 0.5) is 0 Å². The summed E-state index contributed by atoms with van der Waals surface area (Å²) in [4.78, 5) is 27.4. The third kappa shape index (κ3) is 4.39. The molecule has 3 aliphatic carbocycles. The Balaban J connectivity index is 1.15. The highest BCUT2D eigenvalue weighted by Crippen LogP contribution is 2.61. The normalized spacial score (nSPS) is 30.0. The summed E-state index contributed by atoms with van der Waals surface area (Å²) in [5, 5.41) is 0. The fourth-order valence-corrected chi connectivity index (χ4v) is 7.54. The predicted octanol–water partition coefficient (Wildman–Crippen LogP) is 6.41. The van der Waals surface area contributed by atoms with E-state index >= 15 is 0 Å². The quantitative estimate of drug-likeness (QED) is 0.361. The molecular weight excluding hydrogens is 462 g/mol. The molecule has 5 atom stereocenters. The molecule has 192 valence electrons. The maximum atomic E-state index is 13.0. The number of allylic oxidation sites excluding steroid dienone is 1. The van der Waals surface area contributed by atoms with Crippen LogP contribution in [0.1, 0.15) is 72.9 Å². The maximum absolute atomic E-state index is 13.0. The number of aryl methyl sites for hydroxylation is 1. The Hall–Kier alpha value is -3.34. The minimum atomic E-state index is -0.319. The second kappa shape index (κ2) is 9.51. The maximum Gasteiger partial charge on any atom is 0.343 e. The van der Waals surface area contributed by atoms with Gasteiger partial charge in [-0.15, -0.1) is 0 Å². The lowest BCUT2D eigenvalue weighted by atomic mass is 9.55. The van der Waals surface area contributed by atoms with Crippen LogP contribution in [0.15, 0.2) is 72.6 Å². The molecule has 5 nitrogen and oxygen atoms in total. The van der Waals surface area contributed by atoms with Crippen molar-refractivity contribution in [1.29, 1.82) is 0 Å². The number of fused-ring (bicyclic) bond motifs is 5. The minimum Gasteiger partial charge on any atom is -0.458 e. The highest BCUT2D eigenvalue weighted by atomic mass is 16.5. The Morgan fingerprint density at radius 1 is 1.00 bits per heavy atom. The van der Waals surface area contributed by atoms with E-state index in [0.717, 1.165) is 44.1 Å². The summed E-state index contributed by atoms with van der Waals surface area (Å²) >= 11 is 0. The summed E-state index contributed by atoms with van der Waals surface area (Å²) in [5.74, 6) is 1.84. The van der Waals surface area contributed by atoms with Crippen molar-refractivity contribution in [3.8, 4) is 5.75 Å². The topological polar surface area (TPSA) is 55.8 Å². The van der Waals surface area contributed by atoms with Crippen molar-refractivity contribution in [3.63, 3.8) is 0 Å². The molecule has 0 saturated heterocycles. The zero-order valence-electron chi connectivity index (χ0n) is 21.7. The average molecular weight is 498 g/mol. The summed E-state index contributed by atoms with van der Waals surface area (Å²) in [5.41, 5.74) is 4.06. The van der Waals surface area contributed by atoms with Crippen LogP contribution in [-0.2, 0) is 16.0 Å². The van der Waals surface area contributed by atoms with Crippen LogP contribution in [0.5, 0.6) is 5.75 Å². The number of ether oxygens (including phenoxy) is 2. The van der Waals surface area contributed by atoms with Crippen LogP contribution in [-0.4, -0.2) is 30.0 Å². The highest BCUT2D eigenvalue weighted by molar-refractivity contribution is 5.91. The lowest BCUT2D eigenvalue weighted by Gasteiger charge is -2.50. The molecule has 4 aliphatic rings. The number of esters is 2. The molecule has 1 aliphatic heterocycles. The summed E-state index contributed by atoms with van der Waals surface area (Å²) in [7, 11) is 1.94. The number of carbonyl (C=O) groups excluding carboxylic acids is 2. The van der Waals surface area contributed by atoms with Crippen LogP contribution in [0.3, 0.4) is 0 Å². The lowest BCUT2D eigenvalue weighted by Crippen LogP contribution is -2.45. The molecule has 0 radical (unpaired) electrons. The predicted molar refractivity (Wildman–Crippen MR) is 142 cm³/mol. The monoisotopic (exact) mass is 497 g/mol. The van der Waals surface area contributed by atoms with Crippen LogP contribution in [0.2, 0.25) is 0 Å². The van der Waals surface area contributed by atoms with Gasteiger partial charge >= 0.3 is 11.9 Å². The molecule has 2 aromatic carbocycles. The molecule has 5 unspecified atom stereocenters. The molecule has 2 fully saturated rings. The first kappa shape index (κ1) is 24.0. The molecule has 2 aromatic rings. The Kier molecular flexibility index (Phi) is 6.18. The summed E-state index contributed by atoms with van der Waals surface area (Å²) in [6, 6.07) is 15.4. The number of carbonyl (C=O) groups is 2. The van der Waals surface area contributed by atoms with E-state index in [2.05, 4.69) is 19.1 Å². The molecule has 5 heteroatoms. The second-order valence-corrected chi connectivity index (χ2v) is 11.5. The van der Waals surface area contributed by atoms with Crippen molar-refractivity contribution >= 4 is 11.9 Å². The summed E-state index contributed by atoms with van der Waals surface area (Å²) in [6.45, 7) is 2.36. The number of nitrogens with zero attached hydrogens (tertiary/aromatic N) is 1. The molecule has 0 spiro atoms. The van der Waals surface area contributed by atoms with E-state index in [9.17, 15) is 9.59 Å². The van der Waals surface area contributed by atoms with Crippen molar-refractivity contribution in [2.45, 2.75) is 63.9 Å². The Labute approximate surface area is 219 Å². The van der Waals surface area contributed by atoms with Crippen molar-refractivity contribution in [2.24, 2.45) is 17.3 Å². The van der Waals surface area contributed by atoms with E-state index in [4.69, 9.17) is 9.47 Å². The standard InChI is InChI=1S/C32H35NO4/c1-32-17-16-26-25-13-11-24(36-30(34)21-7-4-3-5-8-21)19-22(25)10-12-27(26)28(32)14-15-29(32)37-31(35)23-9-6-18-33(2)20-23/h3-8,11,13,18-20,26-29H,9-10,12,14-17H2,1-2H3. The minimum absolute atomic E-state index is 0.00997. The first-order chi connectivity index (χ1) is 17.9. The highest BCUT2D eigenvalue weighted by Gasteiger charge is 2.56. The Morgan fingerprint density at radius 3 is 2.65 bits per heavy atom. The van der Waals surface area contributed by atoms with E-state index in [1.165, 1.54) is 11.1 Å². The smallest absolute Gasteiger partial charge is 0.343 e. The van der Waals surface area contributed by atoms with Crippen molar-refractivity contribution in [3.05, 3.63) is 89.3 Å². The van der Waals surface area contributed by atoms with Gasteiger partial charge in [-0.3, -0.25) is 0 Å². The molecule has 1 heterocycles. The van der Waals surface area contributed by atoms with Crippen LogP contribution in [0, 0.1) is 17.3 Å². The van der Waals surface area contributed by atoms with Gasteiger partial charge in [-0.2, -0.15) is 0 Å². The second-order valence-electron chi connectivity index (χ2n) is 11.5. The summed E-state index contributed by atoms with van der Waals surface area (Å²) in [6.07, 6.45) is 12.9. The molecular formula is C32H35NO4. The largest absolute Gasteiger partial charge is 0.458 e. The Morgan fingerprint density at radius 2 is 1.84 bits per heavy atom. The van der Waals surface area contributed by atoms with E-state index in [0.29, 0.717) is 35.5 Å². The van der Waals surface area contributed by atoms with Gasteiger partial charge in [-0.25, -0.2) is 9.59 Å². The zero-order chi connectivity index (χ0) is 25.6. The third-order valence-electron chi connectivity index (χ3n) is 9.38. The van der Waals surface area contributed by atoms with Gasteiger partial charge in [-0.1, -0.05) is 37.3 Å². The molecule has 2 saturated carbocycles. The van der Waals surface area contributed by atoms with Gasteiger partial charge in [0.05, 0.1) is 11.1 Å². The third-order valence-corrected chi connectivity index (χ3v) is 9.38. The average Bonchev–Trinajstić information content (AvgIpc) is 3.24. The fourth-order valence-electron chi connectivity index (χ4n) is 7.54. The summed E-state index contributed by atoms with van der Waals surface area (Å²) < 4.78 is 11.9. The van der Waals surface area contributed by atoms with Gasteiger partial charge in [0.1, 0.15) is 11.9 Å². The first-order valence-corrected chi connectivity index (χ1v) is 13.6. The van der Waals surface area contributed by atoms with Crippen molar-refractivity contribution < 1.29 is 19.1 Å². The van der Waals surface area contributed by atoms with Crippen LogP contribution in [0.25, 0.3) is 0 Å². The van der Waals surface area contributed by atoms with Crippen molar-refractivity contribution in [1.82, 2.24) is 4.90 Å². The van der Waals surface area contributed by atoms with Crippen molar-refractivity contribution in [2.75, 3.05) is 7.05 Å². The van der Waals surface area contributed by atoms with Crippen LogP contribution < -0.4 is 4.74 Å². The van der Waals surface area contributed by atoms with Gasteiger partial charge in [0, 0.05) is 25.1 Å². The van der Waals surface area contributed by atoms with Gasteiger partial charge in [0.15, 0.2) is 0 Å². The molecule has 0 bridgehead atoms. The zero-order valence-corrected chi connectivity index (χ0v) is 21.7. The molecule has 0 N–H and O–H groups in total. The van der Waals surface area contributed by atoms with E-state index in [1.807, 2.05) is 54.7 Å². The number of hydrogen-bond acceptors (Lipinski definition) is 5. The first-order valence-electron chi connectivity index (χ1n) is 13.6. The molecule has 0 aromatic heterocycles. The lowest BCUT2D eigenvalue weighted by molar-refractivity contribution is -0.153. The number of rotatable bonds is 4. The number of hydrogen-bond donors (Lipinski definition) is 0. The molecule has 0 amide bonds. The van der Waals surface area contributed by atoms with E-state index in [1.54, 1.807) is 12.1 Å². The Bertz CT molecular complexity index is 1260.